The third kappa shape index (κ3) is 3.00. The molecule has 7 heteroatoms. The van der Waals surface area contributed by atoms with Gasteiger partial charge in [-0.15, -0.1) is 5.10 Å². The van der Waals surface area contributed by atoms with Crippen LogP contribution in [0.25, 0.3) is 5.65 Å². The fourth-order valence-electron chi connectivity index (χ4n) is 1.63. The topological polar surface area (TPSA) is 94.4 Å². The van der Waals surface area contributed by atoms with Crippen molar-refractivity contribution in [3.63, 3.8) is 0 Å². The van der Waals surface area contributed by atoms with Crippen LogP contribution < -0.4 is 16.7 Å². The second-order valence-corrected chi connectivity index (χ2v) is 4.51. The van der Waals surface area contributed by atoms with Crippen LogP contribution in [0.1, 0.15) is 6.92 Å². The van der Waals surface area contributed by atoms with Gasteiger partial charge in [-0.1, -0.05) is 13.0 Å². The Morgan fingerprint density at radius 1 is 1.53 bits per heavy atom. The van der Waals surface area contributed by atoms with Gasteiger partial charge < -0.3 is 11.1 Å². The largest absolute Gasteiger partial charge is 0.354 e. The van der Waals surface area contributed by atoms with Crippen LogP contribution in [-0.2, 0) is 11.3 Å². The average molecular weight is 263 g/mol. The van der Waals surface area contributed by atoms with Gasteiger partial charge in [0.05, 0.1) is 0 Å². The maximum absolute atomic E-state index is 11.9. The van der Waals surface area contributed by atoms with Crippen molar-refractivity contribution in [1.29, 1.82) is 0 Å². The van der Waals surface area contributed by atoms with Gasteiger partial charge in [-0.3, -0.25) is 9.20 Å². The van der Waals surface area contributed by atoms with Crippen LogP contribution in [-0.4, -0.2) is 33.2 Å². The lowest BCUT2D eigenvalue weighted by Crippen LogP contribution is -2.36. The Labute approximate surface area is 110 Å². The van der Waals surface area contributed by atoms with Crippen molar-refractivity contribution in [3.8, 4) is 0 Å². The maximum Gasteiger partial charge on any atom is 0.350 e. The van der Waals surface area contributed by atoms with E-state index in [1.165, 1.54) is 4.40 Å². The molecule has 2 heterocycles. The molecule has 2 aromatic heterocycles. The predicted molar refractivity (Wildman–Crippen MR) is 70.7 cm³/mol. The van der Waals surface area contributed by atoms with Crippen molar-refractivity contribution in [3.05, 3.63) is 34.9 Å². The van der Waals surface area contributed by atoms with Gasteiger partial charge in [0.25, 0.3) is 0 Å². The van der Waals surface area contributed by atoms with Gasteiger partial charge in [0, 0.05) is 12.7 Å². The monoisotopic (exact) mass is 263 g/mol. The van der Waals surface area contributed by atoms with E-state index in [-0.39, 0.29) is 24.1 Å². The molecule has 0 aromatic carbocycles. The number of nitrogens with zero attached hydrogens (tertiary/aromatic N) is 3. The minimum Gasteiger partial charge on any atom is -0.354 e. The van der Waals surface area contributed by atoms with Crippen LogP contribution in [0, 0.1) is 5.92 Å². The van der Waals surface area contributed by atoms with Crippen molar-refractivity contribution in [2.45, 2.75) is 13.5 Å². The lowest BCUT2D eigenvalue weighted by Gasteiger charge is -2.09. The van der Waals surface area contributed by atoms with Gasteiger partial charge in [0.2, 0.25) is 5.91 Å². The second kappa shape index (κ2) is 5.66. The number of hydrogen-bond donors (Lipinski definition) is 2. The van der Waals surface area contributed by atoms with Gasteiger partial charge in [-0.05, 0) is 24.6 Å². The van der Waals surface area contributed by atoms with E-state index in [1.807, 2.05) is 6.92 Å². The highest BCUT2D eigenvalue weighted by Gasteiger charge is 2.10. The number of hydrogen-bond acceptors (Lipinski definition) is 4. The van der Waals surface area contributed by atoms with E-state index in [9.17, 15) is 9.59 Å². The fourth-order valence-corrected chi connectivity index (χ4v) is 1.63. The predicted octanol–water partition coefficient (Wildman–Crippen LogP) is -0.793. The molecule has 19 heavy (non-hydrogen) atoms. The molecule has 3 N–H and O–H groups in total. The number of aromatic nitrogens is 3. The minimum absolute atomic E-state index is 0.0855. The zero-order chi connectivity index (χ0) is 13.8. The molecule has 1 atom stereocenters. The van der Waals surface area contributed by atoms with Crippen molar-refractivity contribution in [2.24, 2.45) is 11.7 Å². The molecule has 0 bridgehead atoms. The Morgan fingerprint density at radius 2 is 2.32 bits per heavy atom. The summed E-state index contributed by atoms with van der Waals surface area (Å²) in [5.74, 6) is -0.0347. The summed E-state index contributed by atoms with van der Waals surface area (Å²) in [6, 6.07) is 5.24. The normalized spacial score (nSPS) is 12.5. The smallest absolute Gasteiger partial charge is 0.350 e. The maximum atomic E-state index is 11.9. The van der Waals surface area contributed by atoms with Crippen molar-refractivity contribution >= 4 is 11.6 Å². The van der Waals surface area contributed by atoms with E-state index in [4.69, 9.17) is 5.73 Å². The number of rotatable bonds is 5. The number of nitrogens with two attached hydrogens (primary N) is 1. The second-order valence-electron chi connectivity index (χ2n) is 4.51. The summed E-state index contributed by atoms with van der Waals surface area (Å²) in [7, 11) is 0. The van der Waals surface area contributed by atoms with Crippen LogP contribution in [0.2, 0.25) is 0 Å². The number of nitrogens with one attached hydrogen (secondary N) is 1. The number of carbonyl (C=O) groups excluding carboxylic acids is 1. The molecule has 1 unspecified atom stereocenters. The Morgan fingerprint density at radius 3 is 3.00 bits per heavy atom. The van der Waals surface area contributed by atoms with Gasteiger partial charge in [-0.2, -0.15) is 0 Å². The molecule has 2 aromatic rings. The number of carbonyl (C=O) groups is 1. The van der Waals surface area contributed by atoms with Gasteiger partial charge in [0.1, 0.15) is 6.54 Å². The minimum atomic E-state index is -0.322. The van der Waals surface area contributed by atoms with Crippen LogP contribution in [0.4, 0.5) is 0 Å². The number of amides is 1. The summed E-state index contributed by atoms with van der Waals surface area (Å²) in [6.07, 6.45) is 1.62. The Bertz CT molecular complexity index is 630. The van der Waals surface area contributed by atoms with Crippen molar-refractivity contribution in [2.75, 3.05) is 13.1 Å². The highest BCUT2D eigenvalue weighted by molar-refractivity contribution is 5.75. The van der Waals surface area contributed by atoms with E-state index in [0.29, 0.717) is 18.7 Å². The lowest BCUT2D eigenvalue weighted by atomic mass is 10.2. The van der Waals surface area contributed by atoms with E-state index in [2.05, 4.69) is 10.4 Å². The summed E-state index contributed by atoms with van der Waals surface area (Å²) >= 11 is 0. The van der Waals surface area contributed by atoms with Crippen LogP contribution in [0.3, 0.4) is 0 Å². The first-order valence-electron chi connectivity index (χ1n) is 6.12. The lowest BCUT2D eigenvalue weighted by molar-refractivity contribution is -0.122. The molecule has 0 saturated carbocycles. The number of pyridine rings is 1. The first kappa shape index (κ1) is 13.3. The van der Waals surface area contributed by atoms with Gasteiger partial charge in [-0.25, -0.2) is 9.48 Å². The Kier molecular flexibility index (Phi) is 3.96. The molecule has 7 nitrogen and oxygen atoms in total. The molecule has 1 amide bonds. The summed E-state index contributed by atoms with van der Waals surface area (Å²) in [4.78, 5) is 23.6. The van der Waals surface area contributed by atoms with Gasteiger partial charge >= 0.3 is 5.69 Å². The average Bonchev–Trinajstić information content (AvgIpc) is 2.73. The van der Waals surface area contributed by atoms with E-state index in [1.54, 1.807) is 24.4 Å². The summed E-state index contributed by atoms with van der Waals surface area (Å²) in [5, 5.41) is 6.81. The summed E-state index contributed by atoms with van der Waals surface area (Å²) in [6.45, 7) is 2.86. The van der Waals surface area contributed by atoms with E-state index >= 15 is 0 Å². The fraction of sp³-hybridized carbons (Fsp3) is 0.417. The van der Waals surface area contributed by atoms with Crippen LogP contribution >= 0.6 is 0 Å². The molecule has 0 aliphatic carbocycles. The number of fused-ring (bicyclic) bond motifs is 1. The van der Waals surface area contributed by atoms with Crippen molar-refractivity contribution in [1.82, 2.24) is 19.5 Å². The molecule has 2 rings (SSSR count). The molecular formula is C12H17N5O2. The highest BCUT2D eigenvalue weighted by Crippen LogP contribution is 1.95. The quantitative estimate of drug-likeness (QED) is 0.739. The molecular weight excluding hydrogens is 246 g/mol. The molecule has 0 saturated heterocycles. The molecule has 0 radical (unpaired) electrons. The highest BCUT2D eigenvalue weighted by atomic mass is 16.2. The SMILES string of the molecule is CC(CN)CNC(=O)Cn1nc2ccccn2c1=O. The van der Waals surface area contributed by atoms with Crippen LogP contribution in [0.15, 0.2) is 29.2 Å². The molecule has 0 fully saturated rings. The third-order valence-electron chi connectivity index (χ3n) is 2.83. The van der Waals surface area contributed by atoms with Gasteiger partial charge in [0.15, 0.2) is 5.65 Å². The zero-order valence-corrected chi connectivity index (χ0v) is 10.7. The molecule has 0 aliphatic rings. The summed E-state index contributed by atoms with van der Waals surface area (Å²) < 4.78 is 2.55. The molecule has 102 valence electrons. The van der Waals surface area contributed by atoms with Crippen LogP contribution in [0.5, 0.6) is 0 Å². The first-order chi connectivity index (χ1) is 9.11. The van der Waals surface area contributed by atoms with E-state index in [0.717, 1.165) is 4.68 Å². The zero-order valence-electron chi connectivity index (χ0n) is 10.7. The standard InChI is InChI=1S/C12H17N5O2/c1-9(6-13)7-14-11(18)8-17-12(19)16-5-3-2-4-10(16)15-17/h2-5,9H,6-8,13H2,1H3,(H,14,18). The van der Waals surface area contributed by atoms with E-state index < -0.39 is 0 Å². The molecule has 0 spiro atoms. The first-order valence-corrected chi connectivity index (χ1v) is 6.12. The third-order valence-corrected chi connectivity index (χ3v) is 2.83. The summed E-state index contributed by atoms with van der Waals surface area (Å²) in [5.41, 5.74) is 5.67. The van der Waals surface area contributed by atoms with Crippen molar-refractivity contribution < 1.29 is 4.79 Å². The Hall–Kier alpha value is -2.15. The Balaban J connectivity index is 2.07. The molecule has 0 aliphatic heterocycles.